The van der Waals surface area contributed by atoms with Gasteiger partial charge in [-0.25, -0.2) is 0 Å². The van der Waals surface area contributed by atoms with E-state index in [1.54, 1.807) is 0 Å². The summed E-state index contributed by atoms with van der Waals surface area (Å²) in [5.41, 5.74) is 3.30. The van der Waals surface area contributed by atoms with E-state index in [9.17, 15) is 0 Å². The molecule has 0 saturated carbocycles. The third-order valence-corrected chi connectivity index (χ3v) is 7.00. The van der Waals surface area contributed by atoms with Crippen LogP contribution in [-0.4, -0.2) is 32.4 Å². The fraction of sp³-hybridized carbons (Fsp3) is 0.531. The van der Waals surface area contributed by atoms with Crippen LogP contribution < -0.4 is 5.32 Å². The van der Waals surface area contributed by atoms with Gasteiger partial charge in [-0.05, 0) is 42.8 Å². The fourth-order valence-electron chi connectivity index (χ4n) is 4.86. The summed E-state index contributed by atoms with van der Waals surface area (Å²) in [6.07, 6.45) is 20.5. The lowest BCUT2D eigenvalue weighted by Gasteiger charge is -2.32. The first-order valence-corrected chi connectivity index (χ1v) is 14.5. The lowest BCUT2D eigenvalue weighted by Crippen LogP contribution is -2.42. The molecule has 0 aliphatic rings. The van der Waals surface area contributed by atoms with Gasteiger partial charge in [0.2, 0.25) is 0 Å². The summed E-state index contributed by atoms with van der Waals surface area (Å²) >= 11 is 0. The molecule has 3 aromatic heterocycles. The average Bonchev–Trinajstić information content (AvgIpc) is 2.94. The molecule has 0 amide bonds. The van der Waals surface area contributed by atoms with E-state index in [0.717, 1.165) is 43.3 Å². The summed E-state index contributed by atoms with van der Waals surface area (Å²) in [7, 11) is 0. The van der Waals surface area contributed by atoms with E-state index in [-0.39, 0.29) is 0 Å². The van der Waals surface area contributed by atoms with Crippen molar-refractivity contribution in [3.63, 3.8) is 0 Å². The molecule has 3 heterocycles. The monoisotopic (exact) mass is 501 g/mol. The molecule has 1 N–H and O–H groups in total. The van der Waals surface area contributed by atoms with Gasteiger partial charge >= 0.3 is 0 Å². The SMILES string of the molecule is CCCCCCCCCCCCC(CNCc1ccccn1)N(Cc1ccccn1)Cc1ccccn1. The molecule has 0 saturated heterocycles. The van der Waals surface area contributed by atoms with Gasteiger partial charge in [0.15, 0.2) is 0 Å². The minimum absolute atomic E-state index is 0.404. The Balaban J connectivity index is 1.56. The molecule has 0 aromatic carbocycles. The van der Waals surface area contributed by atoms with Crippen molar-refractivity contribution in [2.75, 3.05) is 6.54 Å². The van der Waals surface area contributed by atoms with Gasteiger partial charge < -0.3 is 5.32 Å². The van der Waals surface area contributed by atoms with Crippen LogP contribution in [0.25, 0.3) is 0 Å². The smallest absolute Gasteiger partial charge is 0.0544 e. The van der Waals surface area contributed by atoms with E-state index in [1.165, 1.54) is 70.6 Å². The van der Waals surface area contributed by atoms with Crippen LogP contribution in [0.3, 0.4) is 0 Å². The Morgan fingerprint density at radius 3 is 1.59 bits per heavy atom. The number of pyridine rings is 3. The molecule has 0 aliphatic heterocycles. The maximum absolute atomic E-state index is 4.63. The van der Waals surface area contributed by atoms with Gasteiger partial charge in [-0.1, -0.05) is 89.3 Å². The Morgan fingerprint density at radius 1 is 0.622 bits per heavy atom. The maximum Gasteiger partial charge on any atom is 0.0544 e. The summed E-state index contributed by atoms with van der Waals surface area (Å²) < 4.78 is 0. The second-order valence-corrected chi connectivity index (χ2v) is 10.1. The molecule has 3 aromatic rings. The van der Waals surface area contributed by atoms with Crippen LogP contribution >= 0.6 is 0 Å². The highest BCUT2D eigenvalue weighted by atomic mass is 15.2. The largest absolute Gasteiger partial charge is 0.310 e. The Labute approximate surface area is 225 Å². The lowest BCUT2D eigenvalue weighted by molar-refractivity contribution is 0.157. The number of aromatic nitrogens is 3. The number of hydrogen-bond donors (Lipinski definition) is 1. The summed E-state index contributed by atoms with van der Waals surface area (Å²) in [6.45, 7) is 5.65. The first-order chi connectivity index (χ1) is 18.3. The van der Waals surface area contributed by atoms with Crippen LogP contribution in [0, 0.1) is 0 Å². The average molecular weight is 502 g/mol. The third kappa shape index (κ3) is 12.4. The van der Waals surface area contributed by atoms with Gasteiger partial charge in [-0.3, -0.25) is 19.9 Å². The van der Waals surface area contributed by atoms with Crippen molar-refractivity contribution in [1.82, 2.24) is 25.2 Å². The van der Waals surface area contributed by atoms with E-state index in [1.807, 2.05) is 36.8 Å². The van der Waals surface area contributed by atoms with Crippen molar-refractivity contribution in [3.05, 3.63) is 90.3 Å². The van der Waals surface area contributed by atoms with Gasteiger partial charge in [0.25, 0.3) is 0 Å². The predicted molar refractivity (Wildman–Crippen MR) is 154 cm³/mol. The van der Waals surface area contributed by atoms with Crippen LogP contribution in [0.5, 0.6) is 0 Å². The molecule has 0 spiro atoms. The zero-order chi connectivity index (χ0) is 25.8. The summed E-state index contributed by atoms with van der Waals surface area (Å²) in [6, 6.07) is 18.9. The van der Waals surface area contributed by atoms with Crippen LogP contribution in [-0.2, 0) is 19.6 Å². The van der Waals surface area contributed by atoms with Gasteiger partial charge in [-0.15, -0.1) is 0 Å². The van der Waals surface area contributed by atoms with E-state index in [4.69, 9.17) is 0 Å². The number of nitrogens with zero attached hydrogens (tertiary/aromatic N) is 4. The molecule has 0 fully saturated rings. The normalized spacial score (nSPS) is 12.2. The number of hydrogen-bond acceptors (Lipinski definition) is 5. The van der Waals surface area contributed by atoms with Crippen molar-refractivity contribution in [2.24, 2.45) is 0 Å². The molecular formula is C32H47N5. The molecule has 0 aliphatic carbocycles. The topological polar surface area (TPSA) is 53.9 Å². The summed E-state index contributed by atoms with van der Waals surface area (Å²) in [4.78, 5) is 16.3. The second kappa shape index (κ2) is 18.6. The Hall–Kier alpha value is -2.63. The van der Waals surface area contributed by atoms with Gasteiger partial charge in [0, 0.05) is 50.8 Å². The van der Waals surface area contributed by atoms with Crippen LogP contribution in [0.15, 0.2) is 73.2 Å². The molecular weight excluding hydrogens is 454 g/mol. The Bertz CT molecular complexity index is 878. The molecule has 37 heavy (non-hydrogen) atoms. The quantitative estimate of drug-likeness (QED) is 0.164. The molecule has 3 rings (SSSR count). The number of rotatable bonds is 20. The highest BCUT2D eigenvalue weighted by molar-refractivity contribution is 5.07. The molecule has 0 radical (unpaired) electrons. The Kier molecular flexibility index (Phi) is 14.5. The molecule has 200 valence electrons. The molecule has 0 bridgehead atoms. The van der Waals surface area contributed by atoms with E-state index in [2.05, 4.69) is 68.5 Å². The van der Waals surface area contributed by atoms with Crippen molar-refractivity contribution < 1.29 is 0 Å². The second-order valence-electron chi connectivity index (χ2n) is 10.1. The van der Waals surface area contributed by atoms with E-state index < -0.39 is 0 Å². The fourth-order valence-corrected chi connectivity index (χ4v) is 4.86. The first-order valence-electron chi connectivity index (χ1n) is 14.5. The van der Waals surface area contributed by atoms with E-state index >= 15 is 0 Å². The standard InChI is InChI=1S/C32H47N5/c1-2-3-4-5-6-7-8-9-10-11-21-32(26-33-25-29-18-12-15-22-34-29)37(27-30-19-13-16-23-35-30)28-31-20-14-17-24-36-31/h12-20,22-24,32-33H,2-11,21,25-28H2,1H3. The molecule has 5 heteroatoms. The van der Waals surface area contributed by atoms with E-state index in [0.29, 0.717) is 6.04 Å². The first kappa shape index (κ1) is 28.9. The van der Waals surface area contributed by atoms with Crippen molar-refractivity contribution in [3.8, 4) is 0 Å². The van der Waals surface area contributed by atoms with Crippen LogP contribution in [0.4, 0.5) is 0 Å². The van der Waals surface area contributed by atoms with Crippen molar-refractivity contribution in [2.45, 2.75) is 103 Å². The van der Waals surface area contributed by atoms with Crippen molar-refractivity contribution >= 4 is 0 Å². The number of unbranched alkanes of at least 4 members (excludes halogenated alkanes) is 9. The van der Waals surface area contributed by atoms with Gasteiger partial charge in [0.1, 0.15) is 0 Å². The highest BCUT2D eigenvalue weighted by Crippen LogP contribution is 2.18. The zero-order valence-electron chi connectivity index (χ0n) is 22.9. The molecule has 1 atom stereocenters. The zero-order valence-corrected chi connectivity index (χ0v) is 22.9. The van der Waals surface area contributed by atoms with Crippen LogP contribution in [0.2, 0.25) is 0 Å². The summed E-state index contributed by atoms with van der Waals surface area (Å²) in [5, 5.41) is 3.69. The van der Waals surface area contributed by atoms with Gasteiger partial charge in [0.05, 0.1) is 17.1 Å². The minimum atomic E-state index is 0.404. The van der Waals surface area contributed by atoms with Crippen LogP contribution in [0.1, 0.15) is 94.6 Å². The molecule has 5 nitrogen and oxygen atoms in total. The third-order valence-electron chi connectivity index (χ3n) is 7.00. The predicted octanol–water partition coefficient (Wildman–Crippen LogP) is 7.34. The highest BCUT2D eigenvalue weighted by Gasteiger charge is 2.20. The maximum atomic E-state index is 4.63. The molecule has 1 unspecified atom stereocenters. The number of nitrogens with one attached hydrogen (secondary N) is 1. The van der Waals surface area contributed by atoms with Gasteiger partial charge in [-0.2, -0.15) is 0 Å². The Morgan fingerprint density at radius 2 is 1.11 bits per heavy atom. The lowest BCUT2D eigenvalue weighted by atomic mass is 10.0. The minimum Gasteiger partial charge on any atom is -0.310 e. The summed E-state index contributed by atoms with van der Waals surface area (Å²) in [5.74, 6) is 0. The van der Waals surface area contributed by atoms with Crippen molar-refractivity contribution in [1.29, 1.82) is 0 Å².